The minimum Gasteiger partial charge on any atom is -0.255 e. The van der Waals surface area contributed by atoms with Gasteiger partial charge in [-0.2, -0.15) is 0 Å². The highest BCUT2D eigenvalue weighted by molar-refractivity contribution is 7.84. The molecule has 0 saturated carbocycles. The van der Waals surface area contributed by atoms with Crippen LogP contribution in [0.1, 0.15) is 30.5 Å². The third-order valence-electron chi connectivity index (χ3n) is 3.99. The van der Waals surface area contributed by atoms with Gasteiger partial charge in [0.25, 0.3) is 0 Å². The molecule has 0 amide bonds. The number of rotatable bonds is 2. The lowest BCUT2D eigenvalue weighted by Crippen LogP contribution is -1.91. The first-order valence-electron chi connectivity index (χ1n) is 7.01. The number of hydrogen-bond acceptors (Lipinski definition) is 1. The molecule has 3 rings (SSSR count). The molecule has 0 saturated heterocycles. The highest BCUT2D eigenvalue weighted by atomic mass is 32.2. The van der Waals surface area contributed by atoms with E-state index in [1.165, 1.54) is 33.4 Å². The molecule has 1 nitrogen and oxygen atoms in total. The van der Waals surface area contributed by atoms with Crippen LogP contribution in [-0.2, 0) is 10.8 Å². The Morgan fingerprint density at radius 3 is 2.33 bits per heavy atom. The van der Waals surface area contributed by atoms with Crippen LogP contribution < -0.4 is 0 Å². The van der Waals surface area contributed by atoms with E-state index >= 15 is 0 Å². The van der Waals surface area contributed by atoms with Crippen LogP contribution in [0.2, 0.25) is 0 Å². The first-order chi connectivity index (χ1) is 10.1. The van der Waals surface area contributed by atoms with E-state index in [2.05, 4.69) is 56.3 Å². The molecule has 0 aliphatic heterocycles. The van der Waals surface area contributed by atoms with E-state index in [0.717, 1.165) is 4.90 Å². The van der Waals surface area contributed by atoms with Crippen molar-refractivity contribution in [2.45, 2.75) is 18.7 Å². The highest BCUT2D eigenvalue weighted by Crippen LogP contribution is 2.39. The van der Waals surface area contributed by atoms with Crippen LogP contribution in [0.4, 0.5) is 0 Å². The Balaban J connectivity index is 2.10. The molecule has 0 spiro atoms. The van der Waals surface area contributed by atoms with Crippen molar-refractivity contribution in [3.63, 3.8) is 0 Å². The second kappa shape index (κ2) is 5.45. The van der Waals surface area contributed by atoms with Crippen LogP contribution in [0.3, 0.4) is 0 Å². The Morgan fingerprint density at radius 1 is 1.00 bits per heavy atom. The van der Waals surface area contributed by atoms with Gasteiger partial charge in [-0.1, -0.05) is 42.5 Å². The number of fused-ring (bicyclic) bond motifs is 1. The lowest BCUT2D eigenvalue weighted by molar-refractivity contribution is 0.687. The molecule has 0 aromatic heterocycles. The fraction of sp³-hybridized carbons (Fsp3) is 0.158. The average Bonchev–Trinajstić information content (AvgIpc) is 2.82. The average molecular weight is 294 g/mol. The molecule has 2 aromatic rings. The molecule has 0 bridgehead atoms. The molecule has 0 N–H and O–H groups in total. The van der Waals surface area contributed by atoms with Crippen molar-refractivity contribution in [3.8, 4) is 0 Å². The second-order valence-electron chi connectivity index (χ2n) is 5.39. The van der Waals surface area contributed by atoms with Gasteiger partial charge in [0.15, 0.2) is 0 Å². The Hall–Kier alpha value is -1.93. The predicted molar refractivity (Wildman–Crippen MR) is 91.4 cm³/mol. The van der Waals surface area contributed by atoms with E-state index in [1.807, 2.05) is 12.1 Å². The molecule has 21 heavy (non-hydrogen) atoms. The van der Waals surface area contributed by atoms with Crippen LogP contribution in [0.25, 0.3) is 17.2 Å². The van der Waals surface area contributed by atoms with Crippen molar-refractivity contribution < 1.29 is 4.21 Å². The summed E-state index contributed by atoms with van der Waals surface area (Å²) in [7, 11) is -0.923. The maximum Gasteiger partial charge on any atom is 0.0498 e. The molecule has 1 aliphatic carbocycles. The maximum absolute atomic E-state index is 11.5. The Labute approximate surface area is 128 Å². The van der Waals surface area contributed by atoms with Crippen molar-refractivity contribution in [2.24, 2.45) is 0 Å². The maximum atomic E-state index is 11.5. The summed E-state index contributed by atoms with van der Waals surface area (Å²) < 4.78 is 11.5. The standard InChI is InChI=1S/C19H18OS/c1-13-12-16-6-4-5-7-18(16)19(13)14(2)15-8-10-17(11-9-15)21(3)20/h4-12H,1-3H3. The van der Waals surface area contributed by atoms with Gasteiger partial charge in [-0.3, -0.25) is 4.21 Å². The molecule has 2 heteroatoms. The van der Waals surface area contributed by atoms with Crippen molar-refractivity contribution >= 4 is 28.0 Å². The predicted octanol–water partition coefficient (Wildman–Crippen LogP) is 4.77. The van der Waals surface area contributed by atoms with Gasteiger partial charge in [0.1, 0.15) is 0 Å². The number of hydrogen-bond donors (Lipinski definition) is 0. The largest absolute Gasteiger partial charge is 0.255 e. The van der Waals surface area contributed by atoms with Crippen LogP contribution in [-0.4, -0.2) is 10.5 Å². The summed E-state index contributed by atoms with van der Waals surface area (Å²) >= 11 is 0. The van der Waals surface area contributed by atoms with Crippen molar-refractivity contribution in [1.29, 1.82) is 0 Å². The van der Waals surface area contributed by atoms with Gasteiger partial charge >= 0.3 is 0 Å². The lowest BCUT2D eigenvalue weighted by atomic mass is 9.94. The first-order valence-corrected chi connectivity index (χ1v) is 8.56. The van der Waals surface area contributed by atoms with Crippen molar-refractivity contribution in [3.05, 3.63) is 70.8 Å². The zero-order chi connectivity index (χ0) is 15.0. The summed E-state index contributed by atoms with van der Waals surface area (Å²) in [5.41, 5.74) is 7.66. The topological polar surface area (TPSA) is 17.1 Å². The van der Waals surface area contributed by atoms with Crippen LogP contribution >= 0.6 is 0 Å². The molecule has 1 aliphatic rings. The smallest absolute Gasteiger partial charge is 0.0498 e. The van der Waals surface area contributed by atoms with E-state index in [9.17, 15) is 4.21 Å². The van der Waals surface area contributed by atoms with E-state index in [0.29, 0.717) is 0 Å². The van der Waals surface area contributed by atoms with E-state index < -0.39 is 10.8 Å². The summed E-state index contributed by atoms with van der Waals surface area (Å²) in [6.07, 6.45) is 3.95. The first kappa shape index (κ1) is 14.0. The summed E-state index contributed by atoms with van der Waals surface area (Å²) in [4.78, 5) is 0.871. The molecular formula is C19H18OS. The Kier molecular flexibility index (Phi) is 3.64. The molecule has 0 radical (unpaired) electrons. The monoisotopic (exact) mass is 294 g/mol. The molecule has 0 heterocycles. The highest BCUT2D eigenvalue weighted by Gasteiger charge is 2.18. The van der Waals surface area contributed by atoms with E-state index in [4.69, 9.17) is 0 Å². The van der Waals surface area contributed by atoms with Gasteiger partial charge in [-0.05, 0) is 59.4 Å². The van der Waals surface area contributed by atoms with Crippen LogP contribution in [0, 0.1) is 0 Å². The van der Waals surface area contributed by atoms with Gasteiger partial charge in [-0.25, -0.2) is 0 Å². The third kappa shape index (κ3) is 2.52. The lowest BCUT2D eigenvalue weighted by Gasteiger charge is -2.11. The molecule has 1 unspecified atom stereocenters. The van der Waals surface area contributed by atoms with E-state index in [1.54, 1.807) is 6.26 Å². The van der Waals surface area contributed by atoms with Gasteiger partial charge in [0.05, 0.1) is 0 Å². The number of benzene rings is 2. The fourth-order valence-corrected chi connectivity index (χ4v) is 3.43. The summed E-state index contributed by atoms with van der Waals surface area (Å²) in [5, 5.41) is 0. The van der Waals surface area contributed by atoms with Gasteiger partial charge < -0.3 is 0 Å². The zero-order valence-electron chi connectivity index (χ0n) is 12.5. The minimum atomic E-state index is -0.923. The molecule has 0 fully saturated rings. The second-order valence-corrected chi connectivity index (χ2v) is 6.77. The summed E-state index contributed by atoms with van der Waals surface area (Å²) in [6.45, 7) is 4.32. The fourth-order valence-electron chi connectivity index (χ4n) is 2.91. The van der Waals surface area contributed by atoms with Crippen LogP contribution in [0.15, 0.2) is 59.0 Å². The van der Waals surface area contributed by atoms with Gasteiger partial charge in [-0.15, -0.1) is 0 Å². The number of allylic oxidation sites excluding steroid dienone is 3. The Morgan fingerprint density at radius 2 is 1.67 bits per heavy atom. The quantitative estimate of drug-likeness (QED) is 0.779. The molecule has 1 atom stereocenters. The molecule has 106 valence electrons. The summed E-state index contributed by atoms with van der Waals surface area (Å²) in [5.74, 6) is 0. The molecule has 2 aromatic carbocycles. The normalized spacial score (nSPS) is 17.2. The molecular weight excluding hydrogens is 276 g/mol. The van der Waals surface area contributed by atoms with Gasteiger partial charge in [0, 0.05) is 22.0 Å². The minimum absolute atomic E-state index is 0.871. The van der Waals surface area contributed by atoms with Gasteiger partial charge in [0.2, 0.25) is 0 Å². The van der Waals surface area contributed by atoms with E-state index in [-0.39, 0.29) is 0 Å². The summed E-state index contributed by atoms with van der Waals surface area (Å²) in [6, 6.07) is 16.5. The Bertz CT molecular complexity index is 779. The zero-order valence-corrected chi connectivity index (χ0v) is 13.3. The van der Waals surface area contributed by atoms with Crippen molar-refractivity contribution in [1.82, 2.24) is 0 Å². The third-order valence-corrected chi connectivity index (χ3v) is 4.93. The SMILES string of the molecule is CC1=Cc2ccccc2C1=C(C)c1ccc(S(C)=O)cc1. The van der Waals surface area contributed by atoms with Crippen LogP contribution in [0.5, 0.6) is 0 Å². The van der Waals surface area contributed by atoms with Crippen molar-refractivity contribution in [2.75, 3.05) is 6.26 Å².